The average Bonchev–Trinajstić information content (AvgIpc) is 3.10. The predicted molar refractivity (Wildman–Crippen MR) is 114 cm³/mol. The fourth-order valence-corrected chi connectivity index (χ4v) is 4.24. The molecular formula is C23H29NO8. The van der Waals surface area contributed by atoms with Crippen LogP contribution in [0.15, 0.2) is 57.8 Å². The lowest BCUT2D eigenvalue weighted by Gasteiger charge is -2.29. The molecular weight excluding hydrogens is 418 g/mol. The van der Waals surface area contributed by atoms with Gasteiger partial charge in [-0.05, 0) is 30.1 Å². The largest absolute Gasteiger partial charge is 0.501 e. The van der Waals surface area contributed by atoms with E-state index in [9.17, 15) is 14.7 Å². The first-order chi connectivity index (χ1) is 15.4. The van der Waals surface area contributed by atoms with Crippen LogP contribution in [-0.4, -0.2) is 75.2 Å². The monoisotopic (exact) mass is 447 g/mol. The average molecular weight is 447 g/mol. The summed E-state index contributed by atoms with van der Waals surface area (Å²) in [7, 11) is 5.96. The maximum Gasteiger partial charge on any atom is 0.251 e. The van der Waals surface area contributed by atoms with Crippen LogP contribution in [0.3, 0.4) is 0 Å². The standard InChI is InChI=1S/C23H29NO8/c1-29-12-5-7-13-14(8-6-12)18-15(9-10-16(13)24-23(28)17(26)11-25)19(27)21(31-3)22(32-4)20(18)30-2/h6-8,16-17,21,25-26H,5,9-11H2,1-4H3,(H,24,28). The summed E-state index contributed by atoms with van der Waals surface area (Å²) in [6.07, 6.45) is 4.30. The van der Waals surface area contributed by atoms with Crippen molar-refractivity contribution in [2.45, 2.75) is 37.5 Å². The zero-order valence-corrected chi connectivity index (χ0v) is 18.6. The third-order valence-electron chi connectivity index (χ3n) is 5.84. The summed E-state index contributed by atoms with van der Waals surface area (Å²) in [4.78, 5) is 25.7. The Labute approximate surface area is 186 Å². The molecule has 174 valence electrons. The van der Waals surface area contributed by atoms with Crippen molar-refractivity contribution in [2.24, 2.45) is 0 Å². The fourth-order valence-electron chi connectivity index (χ4n) is 4.24. The van der Waals surface area contributed by atoms with Gasteiger partial charge in [-0.25, -0.2) is 0 Å². The zero-order chi connectivity index (χ0) is 23.4. The van der Waals surface area contributed by atoms with Gasteiger partial charge >= 0.3 is 0 Å². The molecule has 0 spiro atoms. The SMILES string of the molecule is COC1=CC=C2C(=CC1)C(NC(=O)C(O)CO)CCC1=C2C(OC)=C(OC)C(OC)C1=O. The highest BCUT2D eigenvalue weighted by Crippen LogP contribution is 2.43. The number of carbonyl (C=O) groups excluding carboxylic acids is 2. The predicted octanol–water partition coefficient (Wildman–Crippen LogP) is 0.804. The maximum atomic E-state index is 13.3. The minimum Gasteiger partial charge on any atom is -0.501 e. The quantitative estimate of drug-likeness (QED) is 0.524. The number of hydrogen-bond acceptors (Lipinski definition) is 8. The molecule has 0 aromatic rings. The number of hydrogen-bond donors (Lipinski definition) is 3. The molecule has 1 amide bonds. The normalized spacial score (nSPS) is 24.2. The third-order valence-corrected chi connectivity index (χ3v) is 5.84. The minimum atomic E-state index is -1.54. The van der Waals surface area contributed by atoms with Gasteiger partial charge in [-0.15, -0.1) is 0 Å². The van der Waals surface area contributed by atoms with E-state index in [1.165, 1.54) is 21.3 Å². The molecule has 0 saturated carbocycles. The molecule has 0 bridgehead atoms. The highest BCUT2D eigenvalue weighted by Gasteiger charge is 2.42. The van der Waals surface area contributed by atoms with E-state index in [1.807, 2.05) is 18.2 Å². The molecule has 3 N–H and O–H groups in total. The summed E-state index contributed by atoms with van der Waals surface area (Å²) in [5.41, 5.74) is 2.54. The van der Waals surface area contributed by atoms with Crippen LogP contribution < -0.4 is 5.32 Å². The number of methoxy groups -OCH3 is 4. The Kier molecular flexibility index (Phi) is 7.55. The van der Waals surface area contributed by atoms with Crippen LogP contribution in [0, 0.1) is 0 Å². The number of Topliss-reactive ketones (excluding diaryl/α,β-unsaturated/α-hetero) is 1. The Morgan fingerprint density at radius 3 is 2.53 bits per heavy atom. The van der Waals surface area contributed by atoms with E-state index in [-0.39, 0.29) is 11.5 Å². The molecule has 3 unspecified atom stereocenters. The van der Waals surface area contributed by atoms with Crippen molar-refractivity contribution in [3.05, 3.63) is 57.8 Å². The maximum absolute atomic E-state index is 13.3. The van der Waals surface area contributed by atoms with Crippen molar-refractivity contribution in [3.8, 4) is 0 Å². The van der Waals surface area contributed by atoms with E-state index >= 15 is 0 Å². The Hall–Kier alpha value is -2.88. The van der Waals surface area contributed by atoms with E-state index in [4.69, 9.17) is 24.1 Å². The van der Waals surface area contributed by atoms with Gasteiger partial charge in [0, 0.05) is 24.7 Å². The van der Waals surface area contributed by atoms with Gasteiger partial charge in [0.1, 0.15) is 0 Å². The van der Waals surface area contributed by atoms with Gasteiger partial charge < -0.3 is 34.5 Å². The molecule has 0 saturated heterocycles. The number of ether oxygens (including phenoxy) is 4. The Morgan fingerprint density at radius 2 is 1.94 bits per heavy atom. The van der Waals surface area contributed by atoms with Gasteiger partial charge in [0.25, 0.3) is 5.91 Å². The zero-order valence-electron chi connectivity index (χ0n) is 18.6. The summed E-state index contributed by atoms with van der Waals surface area (Å²) in [6.45, 7) is -0.688. The summed E-state index contributed by atoms with van der Waals surface area (Å²) in [5, 5.41) is 21.7. The second kappa shape index (κ2) is 10.2. The van der Waals surface area contributed by atoms with Crippen molar-refractivity contribution in [2.75, 3.05) is 35.0 Å². The second-order valence-corrected chi connectivity index (χ2v) is 7.51. The third kappa shape index (κ3) is 4.23. The molecule has 0 aliphatic heterocycles. The molecule has 3 aliphatic rings. The number of rotatable bonds is 7. The van der Waals surface area contributed by atoms with E-state index in [0.717, 1.165) is 5.57 Å². The van der Waals surface area contributed by atoms with Crippen LogP contribution in [0.5, 0.6) is 0 Å². The first-order valence-electron chi connectivity index (χ1n) is 10.3. The molecule has 0 aromatic heterocycles. The molecule has 0 aromatic carbocycles. The van der Waals surface area contributed by atoms with Gasteiger partial charge in [0.05, 0.1) is 39.7 Å². The van der Waals surface area contributed by atoms with E-state index in [1.54, 1.807) is 7.11 Å². The van der Waals surface area contributed by atoms with Crippen molar-refractivity contribution >= 4 is 11.7 Å². The Balaban J connectivity index is 2.18. The number of nitrogens with one attached hydrogen (secondary N) is 1. The van der Waals surface area contributed by atoms with Gasteiger partial charge in [0.15, 0.2) is 29.5 Å². The van der Waals surface area contributed by atoms with Gasteiger partial charge in [-0.3, -0.25) is 9.59 Å². The molecule has 0 radical (unpaired) electrons. The molecule has 0 fully saturated rings. The summed E-state index contributed by atoms with van der Waals surface area (Å²) >= 11 is 0. The summed E-state index contributed by atoms with van der Waals surface area (Å²) in [5.74, 6) is 0.443. The molecule has 0 heterocycles. The highest BCUT2D eigenvalue weighted by molar-refractivity contribution is 6.05. The van der Waals surface area contributed by atoms with Crippen molar-refractivity contribution in [1.82, 2.24) is 5.32 Å². The lowest BCUT2D eigenvalue weighted by atomic mass is 9.84. The molecule has 3 aliphatic carbocycles. The topological polar surface area (TPSA) is 124 Å². The minimum absolute atomic E-state index is 0.233. The van der Waals surface area contributed by atoms with E-state index < -0.39 is 30.8 Å². The van der Waals surface area contributed by atoms with E-state index in [0.29, 0.717) is 47.5 Å². The molecule has 9 heteroatoms. The summed E-state index contributed by atoms with van der Waals surface area (Å²) < 4.78 is 22.0. The lowest BCUT2D eigenvalue weighted by Crippen LogP contribution is -2.43. The molecule has 9 nitrogen and oxygen atoms in total. The van der Waals surface area contributed by atoms with Crippen molar-refractivity contribution < 1.29 is 38.7 Å². The van der Waals surface area contributed by atoms with Crippen LogP contribution in [0.4, 0.5) is 0 Å². The number of aliphatic hydroxyl groups excluding tert-OH is 2. The first kappa shape index (κ1) is 23.8. The van der Waals surface area contributed by atoms with E-state index in [2.05, 4.69) is 5.32 Å². The van der Waals surface area contributed by atoms with Crippen molar-refractivity contribution in [3.63, 3.8) is 0 Å². The van der Waals surface area contributed by atoms with Crippen LogP contribution in [0.1, 0.15) is 19.3 Å². The summed E-state index contributed by atoms with van der Waals surface area (Å²) in [6, 6.07) is -0.511. The van der Waals surface area contributed by atoms with Crippen LogP contribution >= 0.6 is 0 Å². The molecule has 3 rings (SSSR count). The number of fused-ring (bicyclic) bond motifs is 2. The second-order valence-electron chi connectivity index (χ2n) is 7.51. The Bertz CT molecular complexity index is 940. The first-order valence-corrected chi connectivity index (χ1v) is 10.3. The Morgan fingerprint density at radius 1 is 1.19 bits per heavy atom. The number of ketones is 1. The number of carbonyl (C=O) groups is 2. The highest BCUT2D eigenvalue weighted by atomic mass is 16.5. The fraction of sp³-hybridized carbons (Fsp3) is 0.478. The number of amides is 1. The number of aliphatic hydroxyl groups is 2. The molecule has 32 heavy (non-hydrogen) atoms. The van der Waals surface area contributed by atoms with Crippen LogP contribution in [-0.2, 0) is 28.5 Å². The smallest absolute Gasteiger partial charge is 0.251 e. The van der Waals surface area contributed by atoms with Gasteiger partial charge in [-0.2, -0.15) is 0 Å². The lowest BCUT2D eigenvalue weighted by molar-refractivity contribution is -0.131. The van der Waals surface area contributed by atoms with Gasteiger partial charge in [-0.1, -0.05) is 12.2 Å². The van der Waals surface area contributed by atoms with Crippen LogP contribution in [0.25, 0.3) is 0 Å². The molecule has 3 atom stereocenters. The number of allylic oxidation sites excluding steroid dienone is 4. The van der Waals surface area contributed by atoms with Crippen molar-refractivity contribution in [1.29, 1.82) is 0 Å². The van der Waals surface area contributed by atoms with Crippen LogP contribution in [0.2, 0.25) is 0 Å². The van der Waals surface area contributed by atoms with Gasteiger partial charge in [0.2, 0.25) is 0 Å².